The number of nitrogens with zero attached hydrogens (tertiary/aromatic N) is 1. The average molecular weight is 301 g/mol. The number of hydrogen-bond donors (Lipinski definition) is 2. The van der Waals surface area contributed by atoms with Crippen LogP contribution in [0.25, 0.3) is 11.3 Å². The summed E-state index contributed by atoms with van der Waals surface area (Å²) in [5.41, 5.74) is 2.02. The van der Waals surface area contributed by atoms with Gasteiger partial charge in [-0.25, -0.2) is 4.98 Å². The van der Waals surface area contributed by atoms with Crippen molar-refractivity contribution in [2.75, 3.05) is 6.61 Å². The number of carbonyl (C=O) groups is 1. The van der Waals surface area contributed by atoms with Crippen LogP contribution in [-0.4, -0.2) is 28.6 Å². The summed E-state index contributed by atoms with van der Waals surface area (Å²) in [4.78, 5) is 19.5. The summed E-state index contributed by atoms with van der Waals surface area (Å²) >= 11 is 0. The van der Waals surface area contributed by atoms with E-state index in [9.17, 15) is 4.79 Å². The first-order valence-corrected chi connectivity index (χ1v) is 7.57. The molecule has 0 saturated heterocycles. The van der Waals surface area contributed by atoms with Crippen LogP contribution in [0.1, 0.15) is 39.1 Å². The SMILES string of the molecule is CC(C)OCCC(=O)NC(C)c1ncc(-c2ccccc2)[nH]1. The van der Waals surface area contributed by atoms with E-state index in [4.69, 9.17) is 4.74 Å². The van der Waals surface area contributed by atoms with Gasteiger partial charge in [-0.15, -0.1) is 0 Å². The van der Waals surface area contributed by atoms with Crippen molar-refractivity contribution >= 4 is 5.91 Å². The van der Waals surface area contributed by atoms with E-state index in [0.717, 1.165) is 17.1 Å². The highest BCUT2D eigenvalue weighted by molar-refractivity contribution is 5.76. The highest BCUT2D eigenvalue weighted by Gasteiger charge is 2.13. The Morgan fingerprint density at radius 3 is 2.68 bits per heavy atom. The number of ether oxygens (including phenoxy) is 1. The number of carbonyl (C=O) groups excluding carboxylic acids is 1. The van der Waals surface area contributed by atoms with Crippen LogP contribution in [0.5, 0.6) is 0 Å². The Balaban J connectivity index is 1.89. The van der Waals surface area contributed by atoms with Crippen molar-refractivity contribution in [2.24, 2.45) is 0 Å². The van der Waals surface area contributed by atoms with Gasteiger partial charge in [-0.3, -0.25) is 4.79 Å². The zero-order valence-corrected chi connectivity index (χ0v) is 13.3. The number of H-pyrrole nitrogens is 1. The Morgan fingerprint density at radius 2 is 2.00 bits per heavy atom. The van der Waals surface area contributed by atoms with Crippen molar-refractivity contribution in [3.05, 3.63) is 42.4 Å². The molecule has 22 heavy (non-hydrogen) atoms. The number of aromatic amines is 1. The number of benzene rings is 1. The van der Waals surface area contributed by atoms with Gasteiger partial charge in [0.15, 0.2) is 0 Å². The second-order valence-corrected chi connectivity index (χ2v) is 5.51. The van der Waals surface area contributed by atoms with E-state index >= 15 is 0 Å². The summed E-state index contributed by atoms with van der Waals surface area (Å²) in [5, 5.41) is 2.92. The second kappa shape index (κ2) is 7.75. The van der Waals surface area contributed by atoms with Gasteiger partial charge in [-0.1, -0.05) is 30.3 Å². The third kappa shape index (κ3) is 4.70. The third-order valence-electron chi connectivity index (χ3n) is 3.25. The van der Waals surface area contributed by atoms with Crippen molar-refractivity contribution in [1.82, 2.24) is 15.3 Å². The highest BCUT2D eigenvalue weighted by atomic mass is 16.5. The van der Waals surface area contributed by atoms with Gasteiger partial charge in [-0.2, -0.15) is 0 Å². The van der Waals surface area contributed by atoms with Gasteiger partial charge in [0.05, 0.1) is 30.6 Å². The van der Waals surface area contributed by atoms with E-state index in [0.29, 0.717) is 13.0 Å². The Labute approximate surface area is 131 Å². The summed E-state index contributed by atoms with van der Waals surface area (Å²) in [6.07, 6.45) is 2.29. The normalized spacial score (nSPS) is 12.4. The van der Waals surface area contributed by atoms with Crippen LogP contribution in [0.4, 0.5) is 0 Å². The molecule has 0 bridgehead atoms. The van der Waals surface area contributed by atoms with Crippen LogP contribution in [0.3, 0.4) is 0 Å². The molecule has 0 fully saturated rings. The average Bonchev–Trinajstić information content (AvgIpc) is 2.97. The maximum atomic E-state index is 11.9. The topological polar surface area (TPSA) is 67.0 Å². The Kier molecular flexibility index (Phi) is 5.72. The van der Waals surface area contributed by atoms with Gasteiger partial charge < -0.3 is 15.0 Å². The molecule has 0 aliphatic rings. The third-order valence-corrected chi connectivity index (χ3v) is 3.25. The van der Waals surface area contributed by atoms with Crippen molar-refractivity contribution in [2.45, 2.75) is 39.3 Å². The zero-order chi connectivity index (χ0) is 15.9. The molecule has 1 heterocycles. The minimum atomic E-state index is -0.163. The quantitative estimate of drug-likeness (QED) is 0.826. The summed E-state index contributed by atoms with van der Waals surface area (Å²) < 4.78 is 5.38. The fourth-order valence-corrected chi connectivity index (χ4v) is 2.09. The lowest BCUT2D eigenvalue weighted by Gasteiger charge is -2.12. The molecule has 0 spiro atoms. The fraction of sp³-hybridized carbons (Fsp3) is 0.412. The standard InChI is InChI=1S/C17H23N3O2/c1-12(2)22-10-9-16(21)19-13(3)17-18-11-15(20-17)14-7-5-4-6-8-14/h4-8,11-13H,9-10H2,1-3H3,(H,18,20)(H,19,21). The van der Waals surface area contributed by atoms with Crippen molar-refractivity contribution in [1.29, 1.82) is 0 Å². The van der Waals surface area contributed by atoms with E-state index in [1.165, 1.54) is 0 Å². The molecular weight excluding hydrogens is 278 g/mol. The molecule has 1 aromatic heterocycles. The maximum absolute atomic E-state index is 11.9. The van der Waals surface area contributed by atoms with Gasteiger partial charge in [-0.05, 0) is 26.3 Å². The monoisotopic (exact) mass is 301 g/mol. The molecule has 2 rings (SSSR count). The predicted molar refractivity (Wildman–Crippen MR) is 86.3 cm³/mol. The van der Waals surface area contributed by atoms with E-state index in [1.54, 1.807) is 6.20 Å². The van der Waals surface area contributed by atoms with Crippen molar-refractivity contribution in [3.8, 4) is 11.3 Å². The molecule has 2 aromatic rings. The van der Waals surface area contributed by atoms with Gasteiger partial charge in [0.2, 0.25) is 5.91 Å². The summed E-state index contributed by atoms with van der Waals surface area (Å²) in [7, 11) is 0. The van der Waals surface area contributed by atoms with Crippen LogP contribution in [0.15, 0.2) is 36.5 Å². The number of rotatable bonds is 7. The van der Waals surface area contributed by atoms with Crippen LogP contribution in [0.2, 0.25) is 0 Å². The molecule has 1 aromatic carbocycles. The number of nitrogens with one attached hydrogen (secondary N) is 2. The lowest BCUT2D eigenvalue weighted by molar-refractivity contribution is -0.123. The van der Waals surface area contributed by atoms with Gasteiger partial charge in [0.25, 0.3) is 0 Å². The number of imidazole rings is 1. The number of aromatic nitrogens is 2. The molecule has 0 aliphatic carbocycles. The zero-order valence-electron chi connectivity index (χ0n) is 13.3. The second-order valence-electron chi connectivity index (χ2n) is 5.51. The Morgan fingerprint density at radius 1 is 1.27 bits per heavy atom. The molecule has 0 radical (unpaired) electrons. The fourth-order valence-electron chi connectivity index (χ4n) is 2.09. The Bertz CT molecular complexity index is 593. The molecule has 118 valence electrons. The molecule has 1 unspecified atom stereocenters. The lowest BCUT2D eigenvalue weighted by atomic mass is 10.2. The number of hydrogen-bond acceptors (Lipinski definition) is 3. The van der Waals surface area contributed by atoms with E-state index in [1.807, 2.05) is 51.1 Å². The van der Waals surface area contributed by atoms with Crippen LogP contribution < -0.4 is 5.32 Å². The van der Waals surface area contributed by atoms with Gasteiger partial charge >= 0.3 is 0 Å². The van der Waals surface area contributed by atoms with E-state index in [2.05, 4.69) is 15.3 Å². The molecule has 2 N–H and O–H groups in total. The smallest absolute Gasteiger partial charge is 0.222 e. The molecule has 5 heteroatoms. The van der Waals surface area contributed by atoms with Gasteiger partial charge in [0.1, 0.15) is 5.82 Å². The summed E-state index contributed by atoms with van der Waals surface area (Å²) in [6, 6.07) is 9.81. The first kappa shape index (κ1) is 16.2. The molecular formula is C17H23N3O2. The molecule has 0 aliphatic heterocycles. The molecule has 1 atom stereocenters. The Hall–Kier alpha value is -2.14. The first-order chi connectivity index (χ1) is 10.6. The summed E-state index contributed by atoms with van der Waals surface area (Å²) in [5.74, 6) is 0.711. The van der Waals surface area contributed by atoms with E-state index < -0.39 is 0 Å². The van der Waals surface area contributed by atoms with Crippen LogP contribution in [-0.2, 0) is 9.53 Å². The molecule has 0 saturated carbocycles. The summed E-state index contributed by atoms with van der Waals surface area (Å²) in [6.45, 7) is 6.25. The van der Waals surface area contributed by atoms with Gasteiger partial charge in [0, 0.05) is 6.42 Å². The largest absolute Gasteiger partial charge is 0.378 e. The van der Waals surface area contributed by atoms with Crippen LogP contribution >= 0.6 is 0 Å². The minimum absolute atomic E-state index is 0.0363. The molecule has 1 amide bonds. The van der Waals surface area contributed by atoms with Crippen LogP contribution in [0, 0.1) is 0 Å². The van der Waals surface area contributed by atoms with E-state index in [-0.39, 0.29) is 18.1 Å². The first-order valence-electron chi connectivity index (χ1n) is 7.57. The number of amides is 1. The van der Waals surface area contributed by atoms with Crippen molar-refractivity contribution in [3.63, 3.8) is 0 Å². The minimum Gasteiger partial charge on any atom is -0.378 e. The maximum Gasteiger partial charge on any atom is 0.222 e. The van der Waals surface area contributed by atoms with Crippen molar-refractivity contribution < 1.29 is 9.53 Å². The lowest BCUT2D eigenvalue weighted by Crippen LogP contribution is -2.28. The molecule has 5 nitrogen and oxygen atoms in total. The predicted octanol–water partition coefficient (Wildman–Crippen LogP) is 3.07. The highest BCUT2D eigenvalue weighted by Crippen LogP contribution is 2.18.